The second kappa shape index (κ2) is 6.23. The van der Waals surface area contributed by atoms with Crippen LogP contribution in [0.15, 0.2) is 24.3 Å². The molecule has 0 unspecified atom stereocenters. The molecule has 1 saturated carbocycles. The van der Waals surface area contributed by atoms with Crippen LogP contribution in [0.3, 0.4) is 0 Å². The SMILES string of the molecule is CC(C)C1CCC(C(=O)Cc2ccc(O)cc2)CC1. The predicted molar refractivity (Wildman–Crippen MR) is 77.1 cm³/mol. The lowest BCUT2D eigenvalue weighted by Crippen LogP contribution is -2.25. The molecular weight excluding hydrogens is 236 g/mol. The van der Waals surface area contributed by atoms with Crippen molar-refractivity contribution in [1.29, 1.82) is 0 Å². The Hall–Kier alpha value is -1.31. The lowest BCUT2D eigenvalue weighted by molar-refractivity contribution is -0.123. The van der Waals surface area contributed by atoms with E-state index in [9.17, 15) is 9.90 Å². The van der Waals surface area contributed by atoms with E-state index in [2.05, 4.69) is 13.8 Å². The van der Waals surface area contributed by atoms with Crippen molar-refractivity contribution in [3.05, 3.63) is 29.8 Å². The Balaban J connectivity index is 1.86. The Morgan fingerprint density at radius 1 is 1.16 bits per heavy atom. The molecule has 1 aliphatic carbocycles. The maximum Gasteiger partial charge on any atom is 0.140 e. The summed E-state index contributed by atoms with van der Waals surface area (Å²) < 4.78 is 0. The topological polar surface area (TPSA) is 37.3 Å². The van der Waals surface area contributed by atoms with Crippen LogP contribution in [0, 0.1) is 17.8 Å². The first-order valence-electron chi connectivity index (χ1n) is 7.37. The number of Topliss-reactive ketones (excluding diaryl/α,β-unsaturated/α-hetero) is 1. The van der Waals surface area contributed by atoms with Gasteiger partial charge in [0.2, 0.25) is 0 Å². The zero-order valence-electron chi connectivity index (χ0n) is 11.9. The van der Waals surface area contributed by atoms with Crippen molar-refractivity contribution in [1.82, 2.24) is 0 Å². The van der Waals surface area contributed by atoms with E-state index in [0.717, 1.165) is 30.2 Å². The van der Waals surface area contributed by atoms with Crippen LogP contribution in [0.5, 0.6) is 5.75 Å². The number of carbonyl (C=O) groups excluding carboxylic acids is 1. The first-order valence-corrected chi connectivity index (χ1v) is 7.37. The molecule has 1 aromatic carbocycles. The van der Waals surface area contributed by atoms with Crippen molar-refractivity contribution >= 4 is 5.78 Å². The van der Waals surface area contributed by atoms with Gasteiger partial charge in [-0.3, -0.25) is 4.79 Å². The highest BCUT2D eigenvalue weighted by Crippen LogP contribution is 2.34. The van der Waals surface area contributed by atoms with E-state index in [1.54, 1.807) is 12.1 Å². The van der Waals surface area contributed by atoms with E-state index in [1.807, 2.05) is 12.1 Å². The minimum Gasteiger partial charge on any atom is -0.508 e. The fourth-order valence-corrected chi connectivity index (χ4v) is 3.07. The molecule has 1 fully saturated rings. The number of hydrogen-bond acceptors (Lipinski definition) is 2. The molecule has 2 heteroatoms. The Morgan fingerprint density at radius 3 is 2.26 bits per heavy atom. The standard InChI is InChI=1S/C17H24O2/c1-12(2)14-5-7-15(8-6-14)17(19)11-13-3-9-16(18)10-4-13/h3-4,9-10,12,14-15,18H,5-8,11H2,1-2H3. The van der Waals surface area contributed by atoms with Crippen LogP contribution in [0.25, 0.3) is 0 Å². The summed E-state index contributed by atoms with van der Waals surface area (Å²) in [6.07, 6.45) is 5.02. The van der Waals surface area contributed by atoms with E-state index < -0.39 is 0 Å². The van der Waals surface area contributed by atoms with Gasteiger partial charge in [-0.1, -0.05) is 26.0 Å². The van der Waals surface area contributed by atoms with Crippen LogP contribution in [-0.4, -0.2) is 10.9 Å². The lowest BCUT2D eigenvalue weighted by atomic mass is 9.75. The van der Waals surface area contributed by atoms with Gasteiger partial charge in [-0.15, -0.1) is 0 Å². The van der Waals surface area contributed by atoms with Gasteiger partial charge in [0.25, 0.3) is 0 Å². The molecule has 2 nitrogen and oxygen atoms in total. The van der Waals surface area contributed by atoms with Gasteiger partial charge in [-0.2, -0.15) is 0 Å². The van der Waals surface area contributed by atoms with Gasteiger partial charge in [0, 0.05) is 12.3 Å². The second-order valence-corrected chi connectivity index (χ2v) is 6.17. The largest absolute Gasteiger partial charge is 0.508 e. The first-order chi connectivity index (χ1) is 9.06. The number of benzene rings is 1. The number of hydrogen-bond donors (Lipinski definition) is 1. The average molecular weight is 260 g/mol. The molecule has 1 aliphatic rings. The van der Waals surface area contributed by atoms with Crippen LogP contribution in [-0.2, 0) is 11.2 Å². The lowest BCUT2D eigenvalue weighted by Gasteiger charge is -2.30. The number of phenols is 1. The van der Waals surface area contributed by atoms with E-state index in [0.29, 0.717) is 12.2 Å². The highest BCUT2D eigenvalue weighted by Gasteiger charge is 2.27. The zero-order valence-corrected chi connectivity index (χ0v) is 11.9. The zero-order chi connectivity index (χ0) is 13.8. The summed E-state index contributed by atoms with van der Waals surface area (Å²) in [5, 5.41) is 9.24. The van der Waals surface area contributed by atoms with Crippen molar-refractivity contribution < 1.29 is 9.90 Å². The molecule has 0 radical (unpaired) electrons. The van der Waals surface area contributed by atoms with Gasteiger partial charge in [0.15, 0.2) is 0 Å². The molecular formula is C17H24O2. The summed E-state index contributed by atoms with van der Waals surface area (Å²) in [7, 11) is 0. The monoisotopic (exact) mass is 260 g/mol. The van der Waals surface area contributed by atoms with E-state index in [-0.39, 0.29) is 11.7 Å². The molecule has 0 bridgehead atoms. The minimum absolute atomic E-state index is 0.254. The van der Waals surface area contributed by atoms with Gasteiger partial charge in [-0.25, -0.2) is 0 Å². The smallest absolute Gasteiger partial charge is 0.140 e. The van der Waals surface area contributed by atoms with Gasteiger partial charge in [-0.05, 0) is 55.2 Å². The summed E-state index contributed by atoms with van der Waals surface area (Å²) in [5.74, 6) is 2.43. The van der Waals surface area contributed by atoms with Gasteiger partial charge >= 0.3 is 0 Å². The molecule has 1 aromatic rings. The first kappa shape index (κ1) is 14.1. The molecule has 104 valence electrons. The predicted octanol–water partition coefficient (Wildman–Crippen LogP) is 3.97. The fourth-order valence-electron chi connectivity index (χ4n) is 3.07. The summed E-state index contributed by atoms with van der Waals surface area (Å²) in [6.45, 7) is 4.56. The number of phenolic OH excluding ortho intramolecular Hbond substituents is 1. The third kappa shape index (κ3) is 3.82. The van der Waals surface area contributed by atoms with E-state index >= 15 is 0 Å². The molecule has 0 aromatic heterocycles. The second-order valence-electron chi connectivity index (χ2n) is 6.17. The maximum absolute atomic E-state index is 12.3. The number of rotatable bonds is 4. The Kier molecular flexibility index (Phi) is 4.62. The van der Waals surface area contributed by atoms with Crippen molar-refractivity contribution in [2.24, 2.45) is 17.8 Å². The number of aromatic hydroxyl groups is 1. The fraction of sp³-hybridized carbons (Fsp3) is 0.588. The van der Waals surface area contributed by atoms with Crippen molar-refractivity contribution in [3.63, 3.8) is 0 Å². The van der Waals surface area contributed by atoms with Gasteiger partial charge in [0.05, 0.1) is 0 Å². The minimum atomic E-state index is 0.254. The molecule has 0 saturated heterocycles. The van der Waals surface area contributed by atoms with E-state index in [4.69, 9.17) is 0 Å². The highest BCUT2D eigenvalue weighted by atomic mass is 16.3. The van der Waals surface area contributed by atoms with Crippen molar-refractivity contribution in [3.8, 4) is 5.75 Å². The molecule has 0 heterocycles. The van der Waals surface area contributed by atoms with Gasteiger partial charge < -0.3 is 5.11 Å². The Morgan fingerprint density at radius 2 is 1.74 bits per heavy atom. The number of ketones is 1. The van der Waals surface area contributed by atoms with Crippen LogP contribution in [0.2, 0.25) is 0 Å². The van der Waals surface area contributed by atoms with E-state index in [1.165, 1.54) is 12.8 Å². The summed E-state index contributed by atoms with van der Waals surface area (Å²) >= 11 is 0. The third-order valence-corrected chi connectivity index (χ3v) is 4.48. The molecule has 1 N–H and O–H groups in total. The Labute approximate surface area is 115 Å². The molecule has 0 atom stereocenters. The average Bonchev–Trinajstić information content (AvgIpc) is 2.41. The highest BCUT2D eigenvalue weighted by molar-refractivity contribution is 5.83. The molecule has 0 spiro atoms. The number of carbonyl (C=O) groups is 1. The summed E-state index contributed by atoms with van der Waals surface area (Å²) in [4.78, 5) is 12.3. The van der Waals surface area contributed by atoms with Crippen LogP contribution in [0.4, 0.5) is 0 Å². The quantitative estimate of drug-likeness (QED) is 0.889. The molecule has 2 rings (SSSR count). The molecule has 0 amide bonds. The Bertz CT molecular complexity index is 411. The summed E-state index contributed by atoms with van der Waals surface area (Å²) in [6, 6.07) is 6.98. The normalized spacial score (nSPS) is 23.5. The molecule has 0 aliphatic heterocycles. The van der Waals surface area contributed by atoms with Crippen LogP contribution in [0.1, 0.15) is 45.1 Å². The molecule has 19 heavy (non-hydrogen) atoms. The van der Waals surface area contributed by atoms with Gasteiger partial charge in [0.1, 0.15) is 11.5 Å². The van der Waals surface area contributed by atoms with Crippen LogP contribution >= 0.6 is 0 Å². The van der Waals surface area contributed by atoms with Crippen molar-refractivity contribution in [2.75, 3.05) is 0 Å². The van der Waals surface area contributed by atoms with Crippen molar-refractivity contribution in [2.45, 2.75) is 46.0 Å². The maximum atomic E-state index is 12.3. The third-order valence-electron chi connectivity index (χ3n) is 4.48. The van der Waals surface area contributed by atoms with Crippen LogP contribution < -0.4 is 0 Å². The summed E-state index contributed by atoms with van der Waals surface area (Å²) in [5.41, 5.74) is 1.01.